The third kappa shape index (κ3) is 3.33. The third-order valence-corrected chi connectivity index (χ3v) is 0.406. The average Bonchev–Trinajstić information content (AvgIpc) is 2.23. The van der Waals surface area contributed by atoms with Crippen molar-refractivity contribution < 1.29 is 0 Å². The largest absolute Gasteiger partial charge is 0.351 e. The standard InChI is InChI=1S/C3H4N2.CH3Cl/c1-2-5-3-4-1;1-2/h1-3H,(H,4,5);1H3. The monoisotopic (exact) mass is 118 g/mol. The molecule has 0 aromatic carbocycles. The number of rotatable bonds is 0. The Morgan fingerprint density at radius 1 is 1.57 bits per heavy atom. The predicted octanol–water partition coefficient (Wildman–Crippen LogP) is 1.26. The molecule has 40 valence electrons. The van der Waals surface area contributed by atoms with Crippen LogP contribution in [0.5, 0.6) is 0 Å². The van der Waals surface area contributed by atoms with Crippen molar-refractivity contribution in [2.45, 2.75) is 0 Å². The van der Waals surface area contributed by atoms with E-state index in [1.54, 1.807) is 18.7 Å². The molecule has 0 amide bonds. The molecular weight excluding hydrogens is 112 g/mol. The molecule has 0 aliphatic heterocycles. The van der Waals surface area contributed by atoms with Gasteiger partial charge in [-0.25, -0.2) is 4.98 Å². The van der Waals surface area contributed by atoms with E-state index in [1.165, 1.54) is 6.38 Å². The molecule has 0 bridgehead atoms. The third-order valence-electron chi connectivity index (χ3n) is 0.406. The second-order valence-corrected chi connectivity index (χ2v) is 0.761. The number of imidazole rings is 1. The number of hydrogen-bond acceptors (Lipinski definition) is 1. The Kier molecular flexibility index (Phi) is 5.11. The van der Waals surface area contributed by atoms with Crippen molar-refractivity contribution in [2.24, 2.45) is 0 Å². The van der Waals surface area contributed by atoms with Crippen molar-refractivity contribution in [1.82, 2.24) is 9.97 Å². The lowest BCUT2D eigenvalue weighted by atomic mass is 11.0. The lowest BCUT2D eigenvalue weighted by molar-refractivity contribution is 1.31. The van der Waals surface area contributed by atoms with Gasteiger partial charge in [0.25, 0.3) is 0 Å². The van der Waals surface area contributed by atoms with E-state index >= 15 is 0 Å². The zero-order valence-corrected chi connectivity index (χ0v) is 4.81. The molecule has 1 rings (SSSR count). The summed E-state index contributed by atoms with van der Waals surface area (Å²) in [5.74, 6) is 0. The Labute approximate surface area is 47.5 Å². The lowest BCUT2D eigenvalue weighted by Crippen LogP contribution is -1.44. The highest BCUT2D eigenvalue weighted by Crippen LogP contribution is 1.62. The van der Waals surface area contributed by atoms with Crippen LogP contribution in [0.3, 0.4) is 0 Å². The van der Waals surface area contributed by atoms with Gasteiger partial charge in [-0.3, -0.25) is 0 Å². The van der Waals surface area contributed by atoms with E-state index in [0.717, 1.165) is 0 Å². The number of aromatic amines is 1. The van der Waals surface area contributed by atoms with E-state index in [1.807, 2.05) is 0 Å². The number of alkyl halides is 1. The van der Waals surface area contributed by atoms with Crippen LogP contribution in [0.1, 0.15) is 0 Å². The smallest absolute Gasteiger partial charge is 0.0919 e. The van der Waals surface area contributed by atoms with Gasteiger partial charge in [0.2, 0.25) is 0 Å². The van der Waals surface area contributed by atoms with E-state index in [2.05, 4.69) is 21.6 Å². The highest BCUT2D eigenvalue weighted by atomic mass is 35.5. The summed E-state index contributed by atoms with van der Waals surface area (Å²) >= 11 is 4.64. The Bertz CT molecular complexity index is 66.2. The number of nitrogens with zero attached hydrogens (tertiary/aromatic N) is 1. The van der Waals surface area contributed by atoms with Crippen LogP contribution in [0, 0.1) is 0 Å². The maximum atomic E-state index is 4.64. The van der Waals surface area contributed by atoms with Crippen LogP contribution in [0.4, 0.5) is 0 Å². The van der Waals surface area contributed by atoms with Crippen LogP contribution in [0.15, 0.2) is 18.7 Å². The summed E-state index contributed by atoms with van der Waals surface area (Å²) in [6.45, 7) is 0. The van der Waals surface area contributed by atoms with Crippen molar-refractivity contribution in [3.63, 3.8) is 0 Å². The maximum absolute atomic E-state index is 4.64. The summed E-state index contributed by atoms with van der Waals surface area (Å²) in [7, 11) is 0. The molecule has 7 heavy (non-hydrogen) atoms. The number of halogens is 1. The minimum absolute atomic E-state index is 1.47. The second kappa shape index (κ2) is 5.50. The molecule has 3 heteroatoms. The quantitative estimate of drug-likeness (QED) is 0.511. The minimum Gasteiger partial charge on any atom is -0.351 e. The van der Waals surface area contributed by atoms with Crippen LogP contribution in [0.2, 0.25) is 0 Å². The van der Waals surface area contributed by atoms with Gasteiger partial charge in [-0.15, -0.1) is 11.6 Å². The van der Waals surface area contributed by atoms with Gasteiger partial charge in [-0.2, -0.15) is 0 Å². The van der Waals surface area contributed by atoms with E-state index in [0.29, 0.717) is 0 Å². The highest BCUT2D eigenvalue weighted by molar-refractivity contribution is 6.15. The van der Waals surface area contributed by atoms with Crippen LogP contribution in [0.25, 0.3) is 0 Å². The summed E-state index contributed by atoms with van der Waals surface area (Å²) in [4.78, 5) is 6.42. The number of hydrogen-bond donors (Lipinski definition) is 1. The second-order valence-electron chi connectivity index (χ2n) is 0.761. The fourth-order valence-corrected chi connectivity index (χ4v) is 0.215. The highest BCUT2D eigenvalue weighted by Gasteiger charge is 1.56. The first kappa shape index (κ1) is 6.50. The van der Waals surface area contributed by atoms with Crippen LogP contribution < -0.4 is 0 Å². The average molecular weight is 119 g/mol. The molecule has 0 saturated heterocycles. The molecule has 2 nitrogen and oxygen atoms in total. The van der Waals surface area contributed by atoms with E-state index in [9.17, 15) is 0 Å². The molecule has 0 saturated carbocycles. The van der Waals surface area contributed by atoms with Gasteiger partial charge in [0.1, 0.15) is 0 Å². The summed E-state index contributed by atoms with van der Waals surface area (Å²) in [5.41, 5.74) is 0. The minimum atomic E-state index is 1.47. The number of aromatic nitrogens is 2. The summed E-state index contributed by atoms with van der Waals surface area (Å²) < 4.78 is 0. The van der Waals surface area contributed by atoms with Crippen LogP contribution >= 0.6 is 11.6 Å². The molecule has 0 aliphatic carbocycles. The molecule has 0 atom stereocenters. The summed E-state index contributed by atoms with van der Waals surface area (Å²) in [5, 5.41) is 0. The Morgan fingerprint density at radius 2 is 2.29 bits per heavy atom. The van der Waals surface area contributed by atoms with Gasteiger partial charge in [0.05, 0.1) is 6.33 Å². The van der Waals surface area contributed by atoms with Crippen molar-refractivity contribution in [3.05, 3.63) is 18.7 Å². The Morgan fingerprint density at radius 3 is 2.43 bits per heavy atom. The topological polar surface area (TPSA) is 28.7 Å². The molecule has 1 aromatic rings. The van der Waals surface area contributed by atoms with Gasteiger partial charge < -0.3 is 4.98 Å². The van der Waals surface area contributed by atoms with Crippen molar-refractivity contribution in [3.8, 4) is 0 Å². The molecule has 0 spiro atoms. The predicted molar refractivity (Wildman–Crippen MR) is 30.4 cm³/mol. The molecule has 0 aliphatic rings. The fraction of sp³-hybridized carbons (Fsp3) is 0.250. The number of nitrogens with one attached hydrogen (secondary N) is 1. The molecule has 0 fully saturated rings. The van der Waals surface area contributed by atoms with E-state index in [-0.39, 0.29) is 0 Å². The molecule has 0 unspecified atom stereocenters. The summed E-state index contributed by atoms with van der Waals surface area (Å²) in [6, 6.07) is 0. The van der Waals surface area contributed by atoms with Gasteiger partial charge in [0, 0.05) is 18.8 Å². The zero-order chi connectivity index (χ0) is 5.54. The lowest BCUT2D eigenvalue weighted by Gasteiger charge is -1.46. The Balaban J connectivity index is 0.000000162. The van der Waals surface area contributed by atoms with Gasteiger partial charge in [-0.1, -0.05) is 0 Å². The molecular formula is C4H7ClN2. The Hall–Kier alpha value is -0.500. The molecule has 0 radical (unpaired) electrons. The van der Waals surface area contributed by atoms with E-state index in [4.69, 9.17) is 0 Å². The molecule has 1 heterocycles. The molecule has 1 aromatic heterocycles. The fourth-order valence-electron chi connectivity index (χ4n) is 0.215. The first-order valence-corrected chi connectivity index (χ1v) is 2.56. The first-order chi connectivity index (χ1) is 3.50. The van der Waals surface area contributed by atoms with Crippen molar-refractivity contribution in [1.29, 1.82) is 0 Å². The maximum Gasteiger partial charge on any atom is 0.0919 e. The van der Waals surface area contributed by atoms with Crippen molar-refractivity contribution in [2.75, 3.05) is 6.38 Å². The zero-order valence-electron chi connectivity index (χ0n) is 4.06. The van der Waals surface area contributed by atoms with Crippen LogP contribution in [-0.2, 0) is 0 Å². The van der Waals surface area contributed by atoms with Gasteiger partial charge in [0.15, 0.2) is 0 Å². The van der Waals surface area contributed by atoms with Crippen molar-refractivity contribution >= 4 is 11.6 Å². The SMILES string of the molecule is CCl.c1c[nH]cn1. The normalized spacial score (nSPS) is 6.57. The summed E-state index contributed by atoms with van der Waals surface area (Å²) in [6.07, 6.45) is 6.56. The molecule has 1 N–H and O–H groups in total. The number of H-pyrrole nitrogens is 1. The van der Waals surface area contributed by atoms with Crippen LogP contribution in [-0.4, -0.2) is 16.4 Å². The van der Waals surface area contributed by atoms with Gasteiger partial charge >= 0.3 is 0 Å². The van der Waals surface area contributed by atoms with Gasteiger partial charge in [-0.05, 0) is 0 Å². The van der Waals surface area contributed by atoms with E-state index < -0.39 is 0 Å². The first-order valence-electron chi connectivity index (χ1n) is 1.81.